The number of hydrogen-bond donors (Lipinski definition) is 2. The zero-order valence-corrected chi connectivity index (χ0v) is 17.2. The van der Waals surface area contributed by atoms with Gasteiger partial charge in [0.25, 0.3) is 0 Å². The lowest BCUT2D eigenvalue weighted by atomic mass is 10.1. The fourth-order valence-electron chi connectivity index (χ4n) is 2.99. The number of hydrogen-bond acceptors (Lipinski definition) is 4. The molecule has 0 radical (unpaired) electrons. The molecule has 0 aromatic carbocycles. The first-order valence-electron chi connectivity index (χ1n) is 8.43. The maximum absolute atomic E-state index is 4.44. The summed E-state index contributed by atoms with van der Waals surface area (Å²) in [5.41, 5.74) is 0. The van der Waals surface area contributed by atoms with Crippen molar-refractivity contribution in [3.63, 3.8) is 0 Å². The largest absolute Gasteiger partial charge is 0.354 e. The Kier molecular flexibility index (Phi) is 7.55. The normalized spacial score (nSPS) is 20.2. The van der Waals surface area contributed by atoms with Gasteiger partial charge < -0.3 is 15.5 Å². The Morgan fingerprint density at radius 3 is 2.65 bits per heavy atom. The SMILES string of the molecule is CCc1cnc(CNC(=NC)NC2CCN(C3CC3)CC2)s1.I. The Balaban J connectivity index is 0.00000192. The molecule has 0 spiro atoms. The molecule has 7 heteroatoms. The lowest BCUT2D eigenvalue weighted by Crippen LogP contribution is -2.48. The predicted octanol–water partition coefficient (Wildman–Crippen LogP) is 2.62. The third kappa shape index (κ3) is 5.56. The number of aromatic nitrogens is 1. The van der Waals surface area contributed by atoms with E-state index in [2.05, 4.69) is 32.4 Å². The zero-order valence-electron chi connectivity index (χ0n) is 14.0. The van der Waals surface area contributed by atoms with Gasteiger partial charge in [0.2, 0.25) is 0 Å². The first kappa shape index (κ1) is 18.9. The second-order valence-corrected chi connectivity index (χ2v) is 7.39. The van der Waals surface area contributed by atoms with Crippen molar-refractivity contribution in [2.75, 3.05) is 20.1 Å². The van der Waals surface area contributed by atoms with Crippen molar-refractivity contribution in [1.29, 1.82) is 0 Å². The highest BCUT2D eigenvalue weighted by Crippen LogP contribution is 2.29. The van der Waals surface area contributed by atoms with E-state index in [4.69, 9.17) is 0 Å². The van der Waals surface area contributed by atoms with Crippen molar-refractivity contribution in [3.8, 4) is 0 Å². The molecule has 0 unspecified atom stereocenters. The molecule has 2 aliphatic rings. The van der Waals surface area contributed by atoms with E-state index in [9.17, 15) is 0 Å². The highest BCUT2D eigenvalue weighted by molar-refractivity contribution is 14.0. The number of aryl methyl sites for hydroxylation is 1. The van der Waals surface area contributed by atoms with E-state index in [1.54, 1.807) is 11.3 Å². The molecule has 0 bridgehead atoms. The summed E-state index contributed by atoms with van der Waals surface area (Å²) in [5.74, 6) is 0.901. The number of aliphatic imine (C=N–C) groups is 1. The summed E-state index contributed by atoms with van der Waals surface area (Å²) in [4.78, 5) is 12.8. The molecule has 5 nitrogen and oxygen atoms in total. The van der Waals surface area contributed by atoms with Crippen molar-refractivity contribution in [2.24, 2.45) is 4.99 Å². The second kappa shape index (κ2) is 9.17. The predicted molar refractivity (Wildman–Crippen MR) is 108 cm³/mol. The summed E-state index contributed by atoms with van der Waals surface area (Å²) in [5, 5.41) is 8.08. The van der Waals surface area contributed by atoms with Crippen LogP contribution in [0.15, 0.2) is 11.2 Å². The van der Waals surface area contributed by atoms with Crippen LogP contribution < -0.4 is 10.6 Å². The molecule has 1 saturated carbocycles. The first-order chi connectivity index (χ1) is 10.8. The second-order valence-electron chi connectivity index (χ2n) is 6.19. The van der Waals surface area contributed by atoms with Gasteiger partial charge in [0, 0.05) is 43.3 Å². The van der Waals surface area contributed by atoms with Gasteiger partial charge in [-0.2, -0.15) is 0 Å². The lowest BCUT2D eigenvalue weighted by molar-refractivity contribution is 0.197. The number of thiazole rings is 1. The van der Waals surface area contributed by atoms with Crippen LogP contribution in [0.25, 0.3) is 0 Å². The van der Waals surface area contributed by atoms with Gasteiger partial charge in [-0.3, -0.25) is 4.99 Å². The van der Waals surface area contributed by atoms with E-state index in [1.165, 1.54) is 43.6 Å². The maximum atomic E-state index is 4.44. The van der Waals surface area contributed by atoms with Gasteiger partial charge in [0.15, 0.2) is 5.96 Å². The Morgan fingerprint density at radius 2 is 2.09 bits per heavy atom. The van der Waals surface area contributed by atoms with Gasteiger partial charge in [-0.1, -0.05) is 6.92 Å². The smallest absolute Gasteiger partial charge is 0.191 e. The van der Waals surface area contributed by atoms with Gasteiger partial charge in [-0.25, -0.2) is 4.98 Å². The molecule has 0 atom stereocenters. The van der Waals surface area contributed by atoms with Gasteiger partial charge >= 0.3 is 0 Å². The molecule has 0 amide bonds. The number of piperidine rings is 1. The minimum Gasteiger partial charge on any atom is -0.354 e. The summed E-state index contributed by atoms with van der Waals surface area (Å²) >= 11 is 1.78. The molecule has 2 fully saturated rings. The summed E-state index contributed by atoms with van der Waals surface area (Å²) in [7, 11) is 1.84. The van der Waals surface area contributed by atoms with Crippen molar-refractivity contribution in [2.45, 2.75) is 57.7 Å². The number of halogens is 1. The van der Waals surface area contributed by atoms with E-state index in [0.717, 1.165) is 30.0 Å². The molecule has 1 saturated heterocycles. The van der Waals surface area contributed by atoms with Crippen LogP contribution in [0.5, 0.6) is 0 Å². The number of guanidine groups is 1. The highest BCUT2D eigenvalue weighted by Gasteiger charge is 2.31. The maximum Gasteiger partial charge on any atom is 0.191 e. The van der Waals surface area contributed by atoms with E-state index in [0.29, 0.717) is 6.04 Å². The monoisotopic (exact) mass is 449 g/mol. The zero-order chi connectivity index (χ0) is 15.4. The number of rotatable bonds is 5. The van der Waals surface area contributed by atoms with Crippen LogP contribution in [0.2, 0.25) is 0 Å². The minimum absolute atomic E-state index is 0. The minimum atomic E-state index is 0. The quantitative estimate of drug-likeness (QED) is 0.412. The Bertz CT molecular complexity index is 506. The van der Waals surface area contributed by atoms with Crippen LogP contribution >= 0.6 is 35.3 Å². The number of nitrogens with one attached hydrogen (secondary N) is 2. The molecule has 2 heterocycles. The molecule has 1 aliphatic heterocycles. The Labute approximate surface area is 160 Å². The molecular weight excluding hydrogens is 421 g/mol. The van der Waals surface area contributed by atoms with Crippen molar-refractivity contribution in [3.05, 3.63) is 16.1 Å². The van der Waals surface area contributed by atoms with Crippen molar-refractivity contribution in [1.82, 2.24) is 20.5 Å². The number of nitrogens with zero attached hydrogens (tertiary/aromatic N) is 3. The molecule has 1 aromatic heterocycles. The van der Waals surface area contributed by atoms with Gasteiger partial charge in [0.05, 0.1) is 6.54 Å². The third-order valence-corrected chi connectivity index (χ3v) is 5.66. The fourth-order valence-corrected chi connectivity index (χ4v) is 3.79. The van der Waals surface area contributed by atoms with Crippen molar-refractivity contribution < 1.29 is 0 Å². The van der Waals surface area contributed by atoms with E-state index in [-0.39, 0.29) is 24.0 Å². The Morgan fingerprint density at radius 1 is 1.35 bits per heavy atom. The summed E-state index contributed by atoms with van der Waals surface area (Å²) in [6, 6.07) is 1.44. The molecule has 1 aromatic rings. The molecule has 2 N–H and O–H groups in total. The van der Waals surface area contributed by atoms with E-state index in [1.807, 2.05) is 13.2 Å². The average molecular weight is 449 g/mol. The summed E-state index contributed by atoms with van der Waals surface area (Å²) in [6.45, 7) is 5.38. The topological polar surface area (TPSA) is 52.6 Å². The third-order valence-electron chi connectivity index (χ3n) is 4.51. The fraction of sp³-hybridized carbons (Fsp3) is 0.750. The van der Waals surface area contributed by atoms with Crippen LogP contribution in [0, 0.1) is 0 Å². The van der Waals surface area contributed by atoms with Crippen LogP contribution in [-0.2, 0) is 13.0 Å². The molecule has 23 heavy (non-hydrogen) atoms. The average Bonchev–Trinajstić information content (AvgIpc) is 3.30. The van der Waals surface area contributed by atoms with Crippen LogP contribution in [0.1, 0.15) is 42.5 Å². The van der Waals surface area contributed by atoms with Crippen molar-refractivity contribution >= 4 is 41.3 Å². The van der Waals surface area contributed by atoms with Crippen LogP contribution in [0.3, 0.4) is 0 Å². The molecule has 1 aliphatic carbocycles. The summed E-state index contributed by atoms with van der Waals surface area (Å²) in [6.07, 6.45) is 8.29. The first-order valence-corrected chi connectivity index (χ1v) is 9.25. The standard InChI is InChI=1S/C16H27N5S.HI/c1-3-14-10-18-15(22-14)11-19-16(17-2)20-12-6-8-21(9-7-12)13-4-5-13;/h10,12-13H,3-9,11H2,1-2H3,(H2,17,19,20);1H. The van der Waals surface area contributed by atoms with Gasteiger partial charge in [-0.15, -0.1) is 35.3 Å². The highest BCUT2D eigenvalue weighted by atomic mass is 127. The molecular formula is C16H28IN5S. The van der Waals surface area contributed by atoms with Gasteiger partial charge in [0.1, 0.15) is 5.01 Å². The molecule has 3 rings (SSSR count). The van der Waals surface area contributed by atoms with E-state index >= 15 is 0 Å². The summed E-state index contributed by atoms with van der Waals surface area (Å²) < 4.78 is 0. The Hall–Kier alpha value is -0.410. The van der Waals surface area contributed by atoms with E-state index < -0.39 is 0 Å². The van der Waals surface area contributed by atoms with Gasteiger partial charge in [-0.05, 0) is 32.1 Å². The lowest BCUT2D eigenvalue weighted by Gasteiger charge is -2.33. The number of likely N-dealkylation sites (tertiary alicyclic amines) is 1. The molecule has 130 valence electrons. The van der Waals surface area contributed by atoms with Crippen LogP contribution in [0.4, 0.5) is 0 Å². The van der Waals surface area contributed by atoms with Crippen LogP contribution in [-0.4, -0.2) is 48.1 Å².